The van der Waals surface area contributed by atoms with Crippen molar-refractivity contribution < 1.29 is 18.6 Å². The van der Waals surface area contributed by atoms with Gasteiger partial charge in [-0.25, -0.2) is 4.39 Å². The van der Waals surface area contributed by atoms with Gasteiger partial charge in [0.2, 0.25) is 0 Å². The number of hydrogen-bond acceptors (Lipinski definition) is 9. The van der Waals surface area contributed by atoms with Gasteiger partial charge < -0.3 is 24.8 Å². The van der Waals surface area contributed by atoms with Crippen LogP contribution in [0.15, 0.2) is 24.3 Å². The summed E-state index contributed by atoms with van der Waals surface area (Å²) in [5, 5.41) is 10.0. The maximum absolute atomic E-state index is 14.4. The second-order valence-corrected chi connectivity index (χ2v) is 11.4. The Morgan fingerprint density at radius 1 is 1.26 bits per heavy atom. The minimum Gasteiger partial charge on any atom is -0.461 e. The minimum absolute atomic E-state index is 0.284. The average Bonchev–Trinajstić information content (AvgIpc) is 3.48. The molecular weight excluding hydrogens is 499 g/mol. The first-order chi connectivity index (χ1) is 19.0. The van der Waals surface area contributed by atoms with E-state index in [0.29, 0.717) is 56.4 Å². The van der Waals surface area contributed by atoms with Gasteiger partial charge >= 0.3 is 6.01 Å². The molecule has 2 aromatic rings. The first-order valence-electron chi connectivity index (χ1n) is 13.9. The molecule has 1 spiro atoms. The van der Waals surface area contributed by atoms with Gasteiger partial charge in [-0.15, -0.1) is 0 Å². The summed E-state index contributed by atoms with van der Waals surface area (Å²) in [6, 6.07) is 6.38. The van der Waals surface area contributed by atoms with Crippen LogP contribution in [0.4, 0.5) is 15.9 Å². The van der Waals surface area contributed by atoms with E-state index in [1.807, 2.05) is 12.1 Å². The van der Waals surface area contributed by atoms with E-state index >= 15 is 0 Å². The predicted octanol–water partition coefficient (Wildman–Crippen LogP) is 3.15. The lowest BCUT2D eigenvalue weighted by atomic mass is 9.76. The Balaban J connectivity index is 1.27. The summed E-state index contributed by atoms with van der Waals surface area (Å²) in [6.07, 6.45) is 7.80. The molecule has 1 aromatic carbocycles. The Kier molecular flexibility index (Phi) is 5.99. The smallest absolute Gasteiger partial charge is 0.318 e. The molecule has 0 amide bonds. The molecule has 5 heterocycles. The fraction of sp³-hybridized carbons (Fsp3) is 0.552. The van der Waals surface area contributed by atoms with Crippen molar-refractivity contribution in [3.05, 3.63) is 52.2 Å². The molecule has 1 aromatic heterocycles. The molecule has 3 fully saturated rings. The summed E-state index contributed by atoms with van der Waals surface area (Å²) in [5.74, 6) is 0.758. The van der Waals surface area contributed by atoms with Crippen molar-refractivity contribution in [3.8, 4) is 12.1 Å². The van der Waals surface area contributed by atoms with Crippen LogP contribution < -0.4 is 15.4 Å². The molecule has 2 N–H and O–H groups in total. The molecule has 3 atom stereocenters. The second-order valence-electron chi connectivity index (χ2n) is 11.4. The summed E-state index contributed by atoms with van der Waals surface area (Å²) in [5.41, 5.74) is 9.59. The molecule has 9 nitrogen and oxygen atoms in total. The maximum atomic E-state index is 14.4. The van der Waals surface area contributed by atoms with E-state index in [1.54, 1.807) is 6.07 Å². The first kappa shape index (κ1) is 24.8. The molecule has 1 aliphatic carbocycles. The Morgan fingerprint density at radius 3 is 3.03 bits per heavy atom. The Hall–Kier alpha value is -3.26. The quantitative estimate of drug-likeness (QED) is 0.469. The van der Waals surface area contributed by atoms with Gasteiger partial charge in [-0.05, 0) is 43.9 Å². The number of anilines is 2. The molecule has 39 heavy (non-hydrogen) atoms. The highest BCUT2D eigenvalue weighted by Gasteiger charge is 2.49. The maximum Gasteiger partial charge on any atom is 0.318 e. The van der Waals surface area contributed by atoms with Crippen molar-refractivity contribution in [2.75, 3.05) is 50.2 Å². The van der Waals surface area contributed by atoms with E-state index in [9.17, 15) is 9.65 Å². The van der Waals surface area contributed by atoms with Crippen LogP contribution in [-0.4, -0.2) is 66.2 Å². The van der Waals surface area contributed by atoms with Gasteiger partial charge in [0.05, 0.1) is 30.0 Å². The van der Waals surface area contributed by atoms with E-state index in [0.717, 1.165) is 67.2 Å². The van der Waals surface area contributed by atoms with E-state index in [1.165, 1.54) is 0 Å². The third kappa shape index (κ3) is 4.06. The number of nitrogen functional groups attached to an aromatic ring is 1. The zero-order valence-electron chi connectivity index (χ0n) is 22.0. The van der Waals surface area contributed by atoms with Gasteiger partial charge in [-0.2, -0.15) is 15.2 Å². The monoisotopic (exact) mass is 532 g/mol. The molecular formula is C29H33FN6O3. The molecule has 204 valence electrons. The second kappa shape index (κ2) is 9.44. The zero-order chi connectivity index (χ0) is 26.6. The minimum atomic E-state index is -0.851. The molecule has 3 saturated heterocycles. The lowest BCUT2D eigenvalue weighted by Crippen LogP contribution is -2.44. The fourth-order valence-electron chi connectivity index (χ4n) is 7.19. The van der Waals surface area contributed by atoms with Crippen LogP contribution in [0, 0.1) is 11.3 Å². The van der Waals surface area contributed by atoms with Gasteiger partial charge in [0.1, 0.15) is 37.0 Å². The van der Waals surface area contributed by atoms with Gasteiger partial charge in [-0.1, -0.05) is 18.2 Å². The predicted molar refractivity (Wildman–Crippen MR) is 142 cm³/mol. The molecule has 0 radical (unpaired) electrons. The van der Waals surface area contributed by atoms with Crippen molar-refractivity contribution in [1.29, 1.82) is 5.26 Å². The van der Waals surface area contributed by atoms with Gasteiger partial charge in [0.15, 0.2) is 0 Å². The van der Waals surface area contributed by atoms with Gasteiger partial charge in [0.25, 0.3) is 0 Å². The number of rotatable bonds is 4. The van der Waals surface area contributed by atoms with Crippen LogP contribution in [-0.2, 0) is 34.5 Å². The largest absolute Gasteiger partial charge is 0.461 e. The highest BCUT2D eigenvalue weighted by Crippen LogP contribution is 2.46. The summed E-state index contributed by atoms with van der Waals surface area (Å²) >= 11 is 0. The number of fused-ring (bicyclic) bond motifs is 4. The van der Waals surface area contributed by atoms with Crippen LogP contribution in [0.3, 0.4) is 0 Å². The molecule has 0 bridgehead atoms. The SMILES string of the molecule is N#Cc1c(N)ccc2c1C1(C=CC2)Cc2nc(OCC34CCCN3CC(F)C4)nc(N3CCCOC3)c2CO1. The van der Waals surface area contributed by atoms with Gasteiger partial charge in [-0.3, -0.25) is 4.90 Å². The lowest BCUT2D eigenvalue weighted by molar-refractivity contribution is -0.0397. The molecule has 5 aliphatic rings. The van der Waals surface area contributed by atoms with E-state index in [2.05, 4.69) is 21.9 Å². The average molecular weight is 533 g/mol. The number of allylic oxidation sites excluding steroid dienone is 1. The molecule has 3 unspecified atom stereocenters. The zero-order valence-corrected chi connectivity index (χ0v) is 22.0. The normalized spacial score (nSPS) is 29.6. The van der Waals surface area contributed by atoms with Crippen LogP contribution in [0.5, 0.6) is 6.01 Å². The number of nitriles is 1. The molecule has 10 heteroatoms. The summed E-state index contributed by atoms with van der Waals surface area (Å²) in [6.45, 7) is 3.99. The Bertz CT molecular complexity index is 1370. The Labute approximate surface area is 227 Å². The Morgan fingerprint density at radius 2 is 2.18 bits per heavy atom. The van der Waals surface area contributed by atoms with Crippen molar-refractivity contribution >= 4 is 11.5 Å². The number of nitrogens with zero attached hydrogens (tertiary/aromatic N) is 5. The summed E-state index contributed by atoms with van der Waals surface area (Å²) < 4.78 is 33.0. The van der Waals surface area contributed by atoms with Crippen LogP contribution in [0.2, 0.25) is 0 Å². The van der Waals surface area contributed by atoms with E-state index in [4.69, 9.17) is 29.9 Å². The molecule has 4 aliphatic heterocycles. The van der Waals surface area contributed by atoms with Crippen molar-refractivity contribution in [3.63, 3.8) is 0 Å². The van der Waals surface area contributed by atoms with Crippen LogP contribution >= 0.6 is 0 Å². The topological polar surface area (TPSA) is 110 Å². The summed E-state index contributed by atoms with van der Waals surface area (Å²) in [4.78, 5) is 14.1. The standard InChI is InChI=1S/C29H33FN6O3/c30-20-12-28(7-2-10-36(28)15-20)17-38-27-33-24-13-29(8-1-4-19-5-6-23(32)21(14-31)25(19)29)39-16-22(24)26(34-27)35-9-3-11-37-18-35/h1,5-6,8,20H,2-4,7,9-13,15-18,32H2. The molecule has 7 rings (SSSR count). The lowest BCUT2D eigenvalue weighted by Gasteiger charge is -2.41. The number of hydrogen-bond donors (Lipinski definition) is 1. The number of nitrogens with two attached hydrogens (primary N) is 1. The van der Waals surface area contributed by atoms with Crippen molar-refractivity contribution in [2.24, 2.45) is 0 Å². The van der Waals surface area contributed by atoms with Crippen LogP contribution in [0.1, 0.15) is 53.6 Å². The highest BCUT2D eigenvalue weighted by molar-refractivity contribution is 5.65. The van der Waals surface area contributed by atoms with Crippen molar-refractivity contribution in [1.82, 2.24) is 14.9 Å². The number of halogens is 1. The highest BCUT2D eigenvalue weighted by atomic mass is 19.1. The number of ether oxygens (including phenoxy) is 3. The third-order valence-electron chi connectivity index (χ3n) is 9.03. The van der Waals surface area contributed by atoms with Gasteiger partial charge in [0, 0.05) is 42.7 Å². The fourth-order valence-corrected chi connectivity index (χ4v) is 7.19. The number of alkyl halides is 1. The first-order valence-corrected chi connectivity index (χ1v) is 13.9. The molecule has 0 saturated carbocycles. The van der Waals surface area contributed by atoms with Crippen molar-refractivity contribution in [2.45, 2.75) is 62.4 Å². The van der Waals surface area contributed by atoms with Crippen LogP contribution in [0.25, 0.3) is 0 Å². The van der Waals surface area contributed by atoms with E-state index < -0.39 is 11.8 Å². The number of benzene rings is 1. The van der Waals surface area contributed by atoms with E-state index in [-0.39, 0.29) is 12.1 Å². The third-order valence-corrected chi connectivity index (χ3v) is 9.03. The number of aromatic nitrogens is 2. The summed E-state index contributed by atoms with van der Waals surface area (Å²) in [7, 11) is 0.